The van der Waals surface area contributed by atoms with Gasteiger partial charge in [-0.1, -0.05) is 0 Å². The van der Waals surface area contributed by atoms with Crippen LogP contribution in [0.15, 0.2) is 6.07 Å². The average molecular weight is 579 g/mol. The number of carbonyl (C=O) groups excluding carboxylic acids is 4. The molecule has 15 heteroatoms. The van der Waals surface area contributed by atoms with Gasteiger partial charge in [-0.2, -0.15) is 0 Å². The van der Waals surface area contributed by atoms with Gasteiger partial charge in [0, 0.05) is 6.92 Å². The van der Waals surface area contributed by atoms with Crippen molar-refractivity contribution in [3.63, 3.8) is 0 Å². The van der Waals surface area contributed by atoms with Crippen molar-refractivity contribution in [1.29, 1.82) is 0 Å². The molecule has 13 nitrogen and oxygen atoms in total. The van der Waals surface area contributed by atoms with Gasteiger partial charge in [-0.25, -0.2) is 0 Å². The summed E-state index contributed by atoms with van der Waals surface area (Å²) in [4.78, 5) is 58.9. The molecular formula is C23H39N4O9PS. The van der Waals surface area contributed by atoms with Crippen LogP contribution in [0.4, 0.5) is 0 Å². The van der Waals surface area contributed by atoms with Gasteiger partial charge in [0.05, 0.1) is 0 Å². The maximum atomic E-state index is 12.8. The summed E-state index contributed by atoms with van der Waals surface area (Å²) >= 11 is 1.11. The fraction of sp³-hybridized carbons (Fsp3) is 0.696. The Bertz CT molecular complexity index is 1030. The van der Waals surface area contributed by atoms with Crippen LogP contribution in [0.3, 0.4) is 0 Å². The summed E-state index contributed by atoms with van der Waals surface area (Å²) in [5.74, 6) is -1.07. The monoisotopic (exact) mass is 578 g/mol. The van der Waals surface area contributed by atoms with E-state index in [1.165, 1.54) is 11.6 Å². The van der Waals surface area contributed by atoms with Crippen molar-refractivity contribution in [1.82, 2.24) is 20.4 Å². The van der Waals surface area contributed by atoms with Crippen molar-refractivity contribution in [3.05, 3.63) is 17.5 Å². The van der Waals surface area contributed by atoms with Crippen molar-refractivity contribution in [3.8, 4) is 0 Å². The number of amides is 2. The van der Waals surface area contributed by atoms with Gasteiger partial charge in [-0.3, -0.25) is 4.79 Å². The number of rotatable bonds is 11. The second-order valence-corrected chi connectivity index (χ2v) is 13.6. The fourth-order valence-corrected chi connectivity index (χ4v) is 5.50. The number of esters is 1. The molecule has 0 saturated carbocycles. The first kappa shape index (κ1) is 32.1. The Hall–Kier alpha value is -2.09. The first-order valence-corrected chi connectivity index (χ1v) is 14.8. The standard InChI is InChI=1S/C23H39N4O9PS/c1-15(28)38-11-10-24-18(29)8-9-25-20(30)19-23(5,6)13-34-37(32,36-19)35-14-33-21(31)16-12-17(22(2,3)4)26-27(16)7/h12,19,32,37H,8-11,13-14H2,1-7H3,(H,24,29)(H,25,30)/t19-/m0/s1. The Morgan fingerprint density at radius 3 is 2.55 bits per heavy atom. The van der Waals surface area contributed by atoms with Gasteiger partial charge in [0.2, 0.25) is 0 Å². The number of nitrogens with zero attached hydrogens (tertiary/aromatic N) is 2. The van der Waals surface area contributed by atoms with Gasteiger partial charge in [0.25, 0.3) is 0 Å². The molecule has 0 radical (unpaired) electrons. The van der Waals surface area contributed by atoms with E-state index in [4.69, 9.17) is 18.3 Å². The predicted molar refractivity (Wildman–Crippen MR) is 142 cm³/mol. The Kier molecular flexibility index (Phi) is 11.3. The first-order valence-electron chi connectivity index (χ1n) is 12.1. The van der Waals surface area contributed by atoms with Gasteiger partial charge in [0.15, 0.2) is 0 Å². The van der Waals surface area contributed by atoms with E-state index in [0.717, 1.165) is 11.8 Å². The van der Waals surface area contributed by atoms with E-state index in [2.05, 4.69) is 15.7 Å². The van der Waals surface area contributed by atoms with Crippen LogP contribution >= 0.6 is 19.9 Å². The second-order valence-electron chi connectivity index (χ2n) is 10.5. The molecule has 0 aromatic carbocycles. The number of nitrogens with one attached hydrogen (secondary N) is 2. The summed E-state index contributed by atoms with van der Waals surface area (Å²) in [6.45, 7) is 10.5. The third-order valence-corrected chi connectivity index (χ3v) is 7.85. The van der Waals surface area contributed by atoms with Gasteiger partial charge in [0.1, 0.15) is 0 Å². The van der Waals surface area contributed by atoms with E-state index in [-0.39, 0.29) is 41.7 Å². The van der Waals surface area contributed by atoms with Crippen LogP contribution in [0, 0.1) is 5.41 Å². The molecule has 0 aliphatic carbocycles. The number of ether oxygens (including phenoxy) is 1. The molecule has 0 spiro atoms. The number of aryl methyl sites for hydroxylation is 1. The van der Waals surface area contributed by atoms with E-state index in [9.17, 15) is 24.1 Å². The quantitative estimate of drug-likeness (QED) is 0.151. The minimum absolute atomic E-state index is 0.0270. The zero-order chi connectivity index (χ0) is 28.7. The third kappa shape index (κ3) is 9.58. The molecule has 216 valence electrons. The molecule has 3 N–H and O–H groups in total. The summed E-state index contributed by atoms with van der Waals surface area (Å²) < 4.78 is 22.8. The third-order valence-electron chi connectivity index (χ3n) is 5.51. The van der Waals surface area contributed by atoms with Crippen LogP contribution in [0.2, 0.25) is 0 Å². The molecule has 1 aromatic rings. The van der Waals surface area contributed by atoms with Crippen molar-refractivity contribution in [2.75, 3.05) is 32.2 Å². The number of hydrogen-bond donors (Lipinski definition) is 3. The molecule has 1 fully saturated rings. The van der Waals surface area contributed by atoms with E-state index < -0.39 is 38.4 Å². The maximum absolute atomic E-state index is 12.8. The van der Waals surface area contributed by atoms with E-state index in [1.807, 2.05) is 20.8 Å². The molecule has 0 unspecified atom stereocenters. The van der Waals surface area contributed by atoms with Crippen LogP contribution in [-0.4, -0.2) is 75.9 Å². The van der Waals surface area contributed by atoms with E-state index >= 15 is 0 Å². The molecule has 1 aliphatic rings. The molecule has 1 saturated heterocycles. The number of thioether (sulfide) groups is 1. The average Bonchev–Trinajstić information content (AvgIpc) is 3.21. The molecule has 1 atom stereocenters. The molecule has 2 heterocycles. The summed E-state index contributed by atoms with van der Waals surface area (Å²) in [6.07, 6.45) is -1.11. The molecule has 2 amide bonds. The summed E-state index contributed by atoms with van der Waals surface area (Å²) in [6, 6.07) is 1.62. The molecule has 1 aliphatic heterocycles. The molecule has 1 aromatic heterocycles. The van der Waals surface area contributed by atoms with Crippen molar-refractivity contribution >= 4 is 42.8 Å². The zero-order valence-electron chi connectivity index (χ0n) is 22.9. The van der Waals surface area contributed by atoms with Crippen molar-refractivity contribution in [2.24, 2.45) is 12.5 Å². The second kappa shape index (κ2) is 13.3. The van der Waals surface area contributed by atoms with E-state index in [1.54, 1.807) is 27.0 Å². The van der Waals surface area contributed by atoms with Gasteiger partial charge in [-0.15, -0.1) is 0 Å². The van der Waals surface area contributed by atoms with Crippen LogP contribution in [0.1, 0.15) is 64.1 Å². The van der Waals surface area contributed by atoms with Crippen LogP contribution in [0.25, 0.3) is 0 Å². The fourth-order valence-electron chi connectivity index (χ4n) is 3.30. The Balaban J connectivity index is 1.85. The van der Waals surface area contributed by atoms with Crippen molar-refractivity contribution in [2.45, 2.75) is 59.5 Å². The Morgan fingerprint density at radius 1 is 1.26 bits per heavy atom. The van der Waals surface area contributed by atoms with Crippen LogP contribution in [-0.2, 0) is 45.2 Å². The molecule has 0 bridgehead atoms. The summed E-state index contributed by atoms with van der Waals surface area (Å²) in [5.41, 5.74) is -0.161. The number of aromatic nitrogens is 2. The summed E-state index contributed by atoms with van der Waals surface area (Å²) in [5, 5.41) is 9.58. The molecule has 38 heavy (non-hydrogen) atoms. The zero-order valence-corrected chi connectivity index (χ0v) is 24.7. The number of carbonyl (C=O) groups is 4. The topological polar surface area (TPSA) is 167 Å². The normalized spacial score (nSPS) is 19.3. The predicted octanol–water partition coefficient (Wildman–Crippen LogP) is 1.59. The molecular weight excluding hydrogens is 539 g/mol. The molecule has 2 rings (SSSR count). The SMILES string of the molecule is CC(=O)SCCNC(=O)CCNC(=O)[C@@H]1O[PH](O)(OCOC(=O)c2cc(C(C)(C)C)nn2C)OCC1(C)C. The minimum atomic E-state index is -4.32. The Morgan fingerprint density at radius 2 is 1.95 bits per heavy atom. The van der Waals surface area contributed by atoms with Crippen LogP contribution in [0.5, 0.6) is 0 Å². The van der Waals surface area contributed by atoms with Crippen molar-refractivity contribution < 1.29 is 42.4 Å². The van der Waals surface area contributed by atoms with E-state index in [0.29, 0.717) is 18.0 Å². The van der Waals surface area contributed by atoms with Gasteiger partial charge < -0.3 is 0 Å². The van der Waals surface area contributed by atoms with Gasteiger partial charge in [-0.05, 0) is 0 Å². The Labute approximate surface area is 227 Å². The number of hydrogen-bond acceptors (Lipinski definition) is 11. The summed E-state index contributed by atoms with van der Waals surface area (Å²) in [7, 11) is -2.70. The van der Waals surface area contributed by atoms with Gasteiger partial charge >= 0.3 is 216 Å². The van der Waals surface area contributed by atoms with Crippen LogP contribution < -0.4 is 10.6 Å². The first-order chi connectivity index (χ1) is 17.5.